The lowest BCUT2D eigenvalue weighted by Crippen LogP contribution is -2.44. The molecule has 1 N–H and O–H groups in total. The molecule has 0 fully saturated rings. The van der Waals surface area contributed by atoms with E-state index in [0.29, 0.717) is 12.1 Å². The van der Waals surface area contributed by atoms with Crippen LogP contribution in [0.15, 0.2) is 30.3 Å². The molecular weight excluding hydrogens is 273 g/mol. The summed E-state index contributed by atoms with van der Waals surface area (Å²) in [5.41, 5.74) is -0.661. The van der Waals surface area contributed by atoms with Crippen LogP contribution in [0.5, 0.6) is 0 Å². The van der Waals surface area contributed by atoms with Crippen LogP contribution in [0.25, 0.3) is 0 Å². The van der Waals surface area contributed by atoms with Crippen molar-refractivity contribution in [3.63, 3.8) is 0 Å². The second-order valence-corrected chi connectivity index (χ2v) is 6.11. The standard InChI is InChI=1S/C16H24FNO3/c1-15(2,20-11-16(3,4)21-12-17)10-18-14(19)13-8-6-5-7-9-13/h5-9H,10-12H2,1-4H3,(H,18,19). The third kappa shape index (κ3) is 6.69. The predicted octanol–water partition coefficient (Wildman–Crippen LogP) is 2.93. The largest absolute Gasteiger partial charge is 0.371 e. The summed E-state index contributed by atoms with van der Waals surface area (Å²) in [7, 11) is 0. The van der Waals surface area contributed by atoms with Gasteiger partial charge in [0.25, 0.3) is 5.91 Å². The third-order valence-corrected chi connectivity index (χ3v) is 2.97. The molecule has 0 radical (unpaired) electrons. The molecule has 0 heterocycles. The molecule has 5 heteroatoms. The summed E-state index contributed by atoms with van der Waals surface area (Å²) in [5, 5.41) is 2.83. The van der Waals surface area contributed by atoms with Crippen molar-refractivity contribution in [2.75, 3.05) is 20.0 Å². The number of carbonyl (C=O) groups excluding carboxylic acids is 1. The molecule has 0 aromatic heterocycles. The molecule has 1 rings (SSSR count). The van der Waals surface area contributed by atoms with Crippen molar-refractivity contribution in [2.45, 2.75) is 38.9 Å². The molecule has 0 saturated carbocycles. The number of carbonyl (C=O) groups is 1. The van der Waals surface area contributed by atoms with Crippen molar-refractivity contribution in [1.29, 1.82) is 0 Å². The molecular formula is C16H24FNO3. The molecule has 0 atom stereocenters. The van der Waals surface area contributed by atoms with Crippen molar-refractivity contribution in [3.05, 3.63) is 35.9 Å². The van der Waals surface area contributed by atoms with Crippen LogP contribution in [0.1, 0.15) is 38.1 Å². The van der Waals surface area contributed by atoms with E-state index in [2.05, 4.69) is 5.32 Å². The lowest BCUT2D eigenvalue weighted by Gasteiger charge is -2.31. The Kier molecular flexibility index (Phi) is 6.30. The number of rotatable bonds is 8. The zero-order valence-electron chi connectivity index (χ0n) is 13.1. The summed E-state index contributed by atoms with van der Waals surface area (Å²) < 4.78 is 22.9. The molecule has 0 unspecified atom stereocenters. The Morgan fingerprint density at radius 2 is 1.71 bits per heavy atom. The number of hydrogen-bond donors (Lipinski definition) is 1. The van der Waals surface area contributed by atoms with Gasteiger partial charge in [-0.05, 0) is 39.8 Å². The Balaban J connectivity index is 2.44. The van der Waals surface area contributed by atoms with E-state index in [0.717, 1.165) is 0 Å². The fourth-order valence-corrected chi connectivity index (χ4v) is 1.59. The van der Waals surface area contributed by atoms with E-state index in [1.165, 1.54) is 0 Å². The van der Waals surface area contributed by atoms with E-state index >= 15 is 0 Å². The summed E-state index contributed by atoms with van der Waals surface area (Å²) in [6.07, 6.45) is 0. The summed E-state index contributed by atoms with van der Waals surface area (Å²) in [4.78, 5) is 12.0. The highest BCUT2D eigenvalue weighted by atomic mass is 19.1. The lowest BCUT2D eigenvalue weighted by atomic mass is 10.1. The van der Waals surface area contributed by atoms with Gasteiger partial charge in [0.15, 0.2) is 6.86 Å². The Hall–Kier alpha value is -1.46. The smallest absolute Gasteiger partial charge is 0.251 e. The van der Waals surface area contributed by atoms with Gasteiger partial charge in [0, 0.05) is 12.1 Å². The first kappa shape index (κ1) is 17.6. The van der Waals surface area contributed by atoms with Crippen molar-refractivity contribution in [3.8, 4) is 0 Å². The van der Waals surface area contributed by atoms with Gasteiger partial charge in [0.2, 0.25) is 0 Å². The second-order valence-electron chi connectivity index (χ2n) is 6.11. The Morgan fingerprint density at radius 3 is 2.29 bits per heavy atom. The number of alkyl halides is 1. The first-order chi connectivity index (χ1) is 9.76. The van der Waals surface area contributed by atoms with Crippen LogP contribution in [0.3, 0.4) is 0 Å². The van der Waals surface area contributed by atoms with Gasteiger partial charge in [-0.3, -0.25) is 4.79 Å². The molecule has 0 spiro atoms. The van der Waals surface area contributed by atoms with Crippen LogP contribution in [0.4, 0.5) is 4.39 Å². The van der Waals surface area contributed by atoms with E-state index in [4.69, 9.17) is 9.47 Å². The van der Waals surface area contributed by atoms with Gasteiger partial charge >= 0.3 is 0 Å². The van der Waals surface area contributed by atoms with Gasteiger partial charge in [-0.15, -0.1) is 0 Å². The first-order valence-corrected chi connectivity index (χ1v) is 6.93. The predicted molar refractivity (Wildman–Crippen MR) is 79.9 cm³/mol. The van der Waals surface area contributed by atoms with Crippen LogP contribution < -0.4 is 5.32 Å². The Labute approximate surface area is 125 Å². The zero-order valence-corrected chi connectivity index (χ0v) is 13.1. The van der Waals surface area contributed by atoms with Gasteiger partial charge in [0.05, 0.1) is 17.8 Å². The van der Waals surface area contributed by atoms with Crippen molar-refractivity contribution < 1.29 is 18.7 Å². The average molecular weight is 297 g/mol. The normalized spacial score (nSPS) is 12.2. The number of hydrogen-bond acceptors (Lipinski definition) is 3. The quantitative estimate of drug-likeness (QED) is 0.802. The molecule has 21 heavy (non-hydrogen) atoms. The maximum absolute atomic E-state index is 12.2. The number of ether oxygens (including phenoxy) is 2. The van der Waals surface area contributed by atoms with Crippen molar-refractivity contribution >= 4 is 5.91 Å². The van der Waals surface area contributed by atoms with Crippen LogP contribution in [0.2, 0.25) is 0 Å². The molecule has 4 nitrogen and oxygen atoms in total. The van der Waals surface area contributed by atoms with E-state index in [9.17, 15) is 9.18 Å². The number of benzene rings is 1. The molecule has 1 aromatic rings. The highest BCUT2D eigenvalue weighted by Gasteiger charge is 2.26. The molecule has 0 aliphatic carbocycles. The molecule has 0 aliphatic rings. The zero-order chi connectivity index (χ0) is 15.9. The summed E-state index contributed by atoms with van der Waals surface area (Å²) in [5.74, 6) is -0.147. The Bertz CT molecular complexity index is 446. The van der Waals surface area contributed by atoms with Crippen molar-refractivity contribution in [1.82, 2.24) is 5.32 Å². The minimum atomic E-state index is -0.846. The fraction of sp³-hybridized carbons (Fsp3) is 0.562. The van der Waals surface area contributed by atoms with Crippen LogP contribution in [0, 0.1) is 0 Å². The summed E-state index contributed by atoms with van der Waals surface area (Å²) in [6, 6.07) is 8.99. The third-order valence-electron chi connectivity index (χ3n) is 2.97. The lowest BCUT2D eigenvalue weighted by molar-refractivity contribution is -0.136. The van der Waals surface area contributed by atoms with E-state index in [-0.39, 0.29) is 12.5 Å². The first-order valence-electron chi connectivity index (χ1n) is 6.93. The fourth-order valence-electron chi connectivity index (χ4n) is 1.59. The van der Waals surface area contributed by atoms with Gasteiger partial charge in [-0.2, -0.15) is 0 Å². The van der Waals surface area contributed by atoms with Crippen molar-refractivity contribution in [2.24, 2.45) is 0 Å². The molecule has 0 saturated heterocycles. The molecule has 118 valence electrons. The van der Waals surface area contributed by atoms with Crippen LogP contribution in [-0.4, -0.2) is 37.1 Å². The topological polar surface area (TPSA) is 47.6 Å². The second kappa shape index (κ2) is 7.52. The Morgan fingerprint density at radius 1 is 1.10 bits per heavy atom. The van der Waals surface area contributed by atoms with Gasteiger partial charge in [-0.1, -0.05) is 18.2 Å². The molecule has 1 amide bonds. The van der Waals surface area contributed by atoms with Crippen LogP contribution >= 0.6 is 0 Å². The van der Waals surface area contributed by atoms with E-state index < -0.39 is 18.1 Å². The van der Waals surface area contributed by atoms with E-state index in [1.807, 2.05) is 32.0 Å². The minimum absolute atomic E-state index is 0.147. The number of nitrogens with one attached hydrogen (secondary N) is 1. The summed E-state index contributed by atoms with van der Waals surface area (Å²) >= 11 is 0. The van der Waals surface area contributed by atoms with E-state index in [1.54, 1.807) is 26.0 Å². The highest BCUT2D eigenvalue weighted by Crippen LogP contribution is 2.16. The minimum Gasteiger partial charge on any atom is -0.371 e. The monoisotopic (exact) mass is 297 g/mol. The average Bonchev–Trinajstić information content (AvgIpc) is 2.44. The highest BCUT2D eigenvalue weighted by molar-refractivity contribution is 5.94. The van der Waals surface area contributed by atoms with Gasteiger partial charge in [-0.25, -0.2) is 4.39 Å². The van der Waals surface area contributed by atoms with Gasteiger partial charge < -0.3 is 14.8 Å². The molecule has 0 aliphatic heterocycles. The molecule has 1 aromatic carbocycles. The number of halogens is 1. The maximum Gasteiger partial charge on any atom is 0.251 e. The summed E-state index contributed by atoms with van der Waals surface area (Å²) in [6.45, 7) is 6.99. The SMILES string of the molecule is CC(C)(CNC(=O)c1ccccc1)OCC(C)(C)OCF. The molecule has 0 bridgehead atoms. The van der Waals surface area contributed by atoms with Gasteiger partial charge in [0.1, 0.15) is 0 Å². The maximum atomic E-state index is 12.2. The number of amides is 1. The van der Waals surface area contributed by atoms with Crippen LogP contribution in [-0.2, 0) is 9.47 Å².